The molecule has 1 aromatic heterocycles. The number of nitrogens with zero attached hydrogens (tertiary/aromatic N) is 2. The van der Waals surface area contributed by atoms with Crippen molar-refractivity contribution in [3.63, 3.8) is 0 Å². The lowest BCUT2D eigenvalue weighted by Crippen LogP contribution is -2.27. The number of imidazole rings is 1. The Kier molecular flexibility index (Phi) is 5.73. The lowest BCUT2D eigenvalue weighted by molar-refractivity contribution is -0.144. The summed E-state index contributed by atoms with van der Waals surface area (Å²) in [6.45, 7) is 3.98. The van der Waals surface area contributed by atoms with Crippen LogP contribution in [0.1, 0.15) is 19.4 Å². The maximum absolute atomic E-state index is 12.2. The molecule has 0 aliphatic heterocycles. The molecule has 26 heavy (non-hydrogen) atoms. The average Bonchev–Trinajstić information content (AvgIpc) is 2.98. The minimum absolute atomic E-state index is 0.240. The molecule has 6 heteroatoms. The van der Waals surface area contributed by atoms with Gasteiger partial charge in [0.25, 0.3) is 0 Å². The fourth-order valence-electron chi connectivity index (χ4n) is 2.68. The zero-order chi connectivity index (χ0) is 18.5. The molecule has 2 aromatic carbocycles. The minimum Gasteiger partial charge on any atom is -0.465 e. The summed E-state index contributed by atoms with van der Waals surface area (Å²) in [6, 6.07) is 17.8. The summed E-state index contributed by atoms with van der Waals surface area (Å²) in [4.78, 5) is 28.8. The molecule has 0 N–H and O–H groups in total. The Hall–Kier alpha value is -2.60. The molecule has 0 aliphatic carbocycles. The van der Waals surface area contributed by atoms with Crippen molar-refractivity contribution in [1.29, 1.82) is 0 Å². The van der Waals surface area contributed by atoms with Crippen LogP contribution in [0.3, 0.4) is 0 Å². The number of benzene rings is 2. The Balaban J connectivity index is 2.00. The van der Waals surface area contributed by atoms with Gasteiger partial charge in [-0.2, -0.15) is 0 Å². The summed E-state index contributed by atoms with van der Waals surface area (Å²) in [7, 11) is 0. The van der Waals surface area contributed by atoms with Gasteiger partial charge in [-0.3, -0.25) is 9.59 Å². The van der Waals surface area contributed by atoms with Crippen molar-refractivity contribution >= 4 is 34.5 Å². The Morgan fingerprint density at radius 2 is 1.81 bits per heavy atom. The third-order valence-electron chi connectivity index (χ3n) is 3.90. The normalized spacial score (nSPS) is 12.1. The Morgan fingerprint density at radius 3 is 2.50 bits per heavy atom. The number of hydrogen-bond donors (Lipinski definition) is 0. The third kappa shape index (κ3) is 3.96. The highest BCUT2D eigenvalue weighted by Crippen LogP contribution is 2.29. The number of carbonyl (C=O) groups is 2. The van der Waals surface area contributed by atoms with Crippen LogP contribution in [0.15, 0.2) is 59.8 Å². The number of thioether (sulfide) groups is 1. The van der Waals surface area contributed by atoms with Crippen LogP contribution in [-0.2, 0) is 20.9 Å². The van der Waals surface area contributed by atoms with Crippen molar-refractivity contribution in [1.82, 2.24) is 9.55 Å². The van der Waals surface area contributed by atoms with E-state index in [9.17, 15) is 9.59 Å². The summed E-state index contributed by atoms with van der Waals surface area (Å²) in [5, 5.41) is -0.287. The predicted octanol–water partition coefficient (Wildman–Crippen LogP) is 3.70. The van der Waals surface area contributed by atoms with Crippen LogP contribution < -0.4 is 0 Å². The molecule has 1 atom stereocenters. The van der Waals surface area contributed by atoms with Gasteiger partial charge in [-0.05, 0) is 31.5 Å². The number of rotatable bonds is 7. The third-order valence-corrected chi connectivity index (χ3v) is 5.18. The van der Waals surface area contributed by atoms with Gasteiger partial charge >= 0.3 is 5.97 Å². The first-order valence-electron chi connectivity index (χ1n) is 8.43. The highest BCUT2D eigenvalue weighted by molar-refractivity contribution is 8.01. The van der Waals surface area contributed by atoms with E-state index in [-0.39, 0.29) is 12.4 Å². The van der Waals surface area contributed by atoms with Crippen molar-refractivity contribution in [3.8, 4) is 0 Å². The number of carbonyl (C=O) groups excluding carboxylic acids is 2. The molecular formula is C20H20N2O3S. The number of Topliss-reactive ketones (excluding diaryl/α,β-unsaturated/α-hetero) is 1. The summed E-state index contributed by atoms with van der Waals surface area (Å²) < 4.78 is 7.08. The molecule has 0 radical (unpaired) electrons. The molecule has 134 valence electrons. The number of esters is 1. The summed E-state index contributed by atoms with van der Waals surface area (Å²) >= 11 is 1.14. The lowest BCUT2D eigenvalue weighted by atomic mass is 10.2. The van der Waals surface area contributed by atoms with Crippen LogP contribution in [0, 0.1) is 0 Å². The van der Waals surface area contributed by atoms with E-state index in [1.165, 1.54) is 6.92 Å². The maximum atomic E-state index is 12.2. The van der Waals surface area contributed by atoms with Crippen LogP contribution in [0.5, 0.6) is 0 Å². The monoisotopic (exact) mass is 368 g/mol. The van der Waals surface area contributed by atoms with Crippen molar-refractivity contribution in [2.45, 2.75) is 30.8 Å². The molecule has 1 unspecified atom stereocenters. The number of ketones is 1. The fourth-order valence-corrected chi connectivity index (χ4v) is 3.66. The molecule has 0 amide bonds. The van der Waals surface area contributed by atoms with E-state index in [1.807, 2.05) is 59.2 Å². The van der Waals surface area contributed by atoms with Crippen molar-refractivity contribution in [2.24, 2.45) is 0 Å². The molecule has 0 aliphatic rings. The zero-order valence-electron chi connectivity index (χ0n) is 14.7. The second kappa shape index (κ2) is 8.19. The summed E-state index contributed by atoms with van der Waals surface area (Å²) in [6.07, 6.45) is 0. The van der Waals surface area contributed by atoms with E-state index in [1.54, 1.807) is 6.92 Å². The largest absolute Gasteiger partial charge is 0.465 e. The van der Waals surface area contributed by atoms with Crippen LogP contribution >= 0.6 is 11.8 Å². The van der Waals surface area contributed by atoms with E-state index in [0.29, 0.717) is 11.7 Å². The van der Waals surface area contributed by atoms with Gasteiger partial charge in [0, 0.05) is 0 Å². The van der Waals surface area contributed by atoms with Gasteiger partial charge in [0.15, 0.2) is 16.2 Å². The van der Waals surface area contributed by atoms with Gasteiger partial charge < -0.3 is 9.30 Å². The first-order chi connectivity index (χ1) is 12.6. The van der Waals surface area contributed by atoms with Gasteiger partial charge in [0.1, 0.15) is 0 Å². The number of aromatic nitrogens is 2. The quantitative estimate of drug-likeness (QED) is 0.361. The Labute approximate surface area is 156 Å². The summed E-state index contributed by atoms with van der Waals surface area (Å²) in [5.74, 6) is -0.768. The Morgan fingerprint density at radius 1 is 1.12 bits per heavy atom. The van der Waals surface area contributed by atoms with Crippen molar-refractivity contribution < 1.29 is 14.3 Å². The molecule has 3 aromatic rings. The Bertz CT molecular complexity index is 921. The number of ether oxygens (including phenoxy) is 1. The minimum atomic E-state index is -0.915. The molecule has 0 spiro atoms. The number of fused-ring (bicyclic) bond motifs is 1. The maximum Gasteiger partial charge on any atom is 0.327 e. The van der Waals surface area contributed by atoms with Gasteiger partial charge in [-0.15, -0.1) is 0 Å². The number of para-hydroxylation sites is 2. The molecule has 3 rings (SSSR count). The molecule has 5 nitrogen and oxygen atoms in total. The zero-order valence-corrected chi connectivity index (χ0v) is 15.5. The van der Waals surface area contributed by atoms with E-state index in [0.717, 1.165) is 28.4 Å². The van der Waals surface area contributed by atoms with Crippen LogP contribution in [-0.4, -0.2) is 33.2 Å². The second-order valence-corrected chi connectivity index (χ2v) is 6.89. The lowest BCUT2D eigenvalue weighted by Gasteiger charge is -2.14. The second-order valence-electron chi connectivity index (χ2n) is 5.82. The van der Waals surface area contributed by atoms with E-state index in [2.05, 4.69) is 4.98 Å². The fraction of sp³-hybridized carbons (Fsp3) is 0.250. The van der Waals surface area contributed by atoms with E-state index >= 15 is 0 Å². The van der Waals surface area contributed by atoms with E-state index < -0.39 is 11.2 Å². The molecule has 0 saturated carbocycles. The van der Waals surface area contributed by atoms with Crippen molar-refractivity contribution in [2.75, 3.05) is 6.61 Å². The van der Waals surface area contributed by atoms with Crippen LogP contribution in [0.25, 0.3) is 11.0 Å². The van der Waals surface area contributed by atoms with E-state index in [4.69, 9.17) is 4.74 Å². The van der Waals surface area contributed by atoms with Crippen LogP contribution in [0.4, 0.5) is 0 Å². The smallest absolute Gasteiger partial charge is 0.327 e. The molecular weight excluding hydrogens is 348 g/mol. The van der Waals surface area contributed by atoms with Gasteiger partial charge in [-0.1, -0.05) is 54.2 Å². The SMILES string of the molecule is CCOC(=O)C(Sc1nc2ccccc2n1Cc1ccccc1)C(C)=O. The molecule has 1 heterocycles. The first-order valence-corrected chi connectivity index (χ1v) is 9.31. The topological polar surface area (TPSA) is 61.2 Å². The molecule has 0 saturated heterocycles. The van der Waals surface area contributed by atoms with Gasteiger partial charge in [-0.25, -0.2) is 4.98 Å². The predicted molar refractivity (Wildman–Crippen MR) is 102 cm³/mol. The molecule has 0 bridgehead atoms. The average molecular weight is 368 g/mol. The van der Waals surface area contributed by atoms with Crippen molar-refractivity contribution in [3.05, 3.63) is 60.2 Å². The standard InChI is InChI=1S/C20H20N2O3S/c1-3-25-19(24)18(14(2)23)26-20-21-16-11-7-8-12-17(16)22(20)13-15-9-5-4-6-10-15/h4-12,18H,3,13H2,1-2H3. The van der Waals surface area contributed by atoms with Crippen LogP contribution in [0.2, 0.25) is 0 Å². The highest BCUT2D eigenvalue weighted by Gasteiger charge is 2.28. The summed E-state index contributed by atoms with van der Waals surface area (Å²) in [5.41, 5.74) is 2.91. The van der Waals surface area contributed by atoms with Gasteiger partial charge in [0.05, 0.1) is 24.2 Å². The first kappa shape index (κ1) is 18.2. The number of hydrogen-bond acceptors (Lipinski definition) is 5. The van der Waals surface area contributed by atoms with Gasteiger partial charge in [0.2, 0.25) is 0 Å². The molecule has 0 fully saturated rings. The highest BCUT2D eigenvalue weighted by atomic mass is 32.2.